The van der Waals surface area contributed by atoms with E-state index in [0.29, 0.717) is 62.8 Å². The van der Waals surface area contributed by atoms with E-state index in [-0.39, 0.29) is 37.3 Å². The molecule has 0 bridgehead atoms. The largest absolute Gasteiger partial charge is 0.493 e. The summed E-state index contributed by atoms with van der Waals surface area (Å²) in [6.07, 6.45) is 0.0280. The summed E-state index contributed by atoms with van der Waals surface area (Å²) in [5.41, 5.74) is 1.06. The fraction of sp³-hybridized carbons (Fsp3) is 0.474. The Bertz CT molecular complexity index is 1580. The van der Waals surface area contributed by atoms with Crippen molar-refractivity contribution in [3.63, 3.8) is 0 Å². The van der Waals surface area contributed by atoms with Gasteiger partial charge in [0, 0.05) is 39.1 Å². The van der Waals surface area contributed by atoms with E-state index in [4.69, 9.17) is 28.4 Å². The first-order valence-corrected chi connectivity index (χ1v) is 17.0. The van der Waals surface area contributed by atoms with Gasteiger partial charge in [-0.1, -0.05) is 30.3 Å². The highest BCUT2D eigenvalue weighted by Crippen LogP contribution is 2.36. The van der Waals surface area contributed by atoms with Crippen LogP contribution in [-0.4, -0.2) is 87.9 Å². The van der Waals surface area contributed by atoms with Crippen LogP contribution in [0.2, 0.25) is 0 Å². The summed E-state index contributed by atoms with van der Waals surface area (Å²) in [7, 11) is 1.63. The van der Waals surface area contributed by atoms with Gasteiger partial charge < -0.3 is 38.2 Å². The lowest BCUT2D eigenvalue weighted by molar-refractivity contribution is -0.131. The maximum Gasteiger partial charge on any atom is 0.410 e. The number of halogens is 2. The highest BCUT2D eigenvalue weighted by atomic mass is 19.2. The van der Waals surface area contributed by atoms with Crippen LogP contribution in [0.3, 0.4) is 0 Å². The van der Waals surface area contributed by atoms with Crippen molar-refractivity contribution >= 4 is 17.7 Å². The monoisotopic (exact) mass is 696 g/mol. The van der Waals surface area contributed by atoms with E-state index in [2.05, 4.69) is 0 Å². The van der Waals surface area contributed by atoms with E-state index in [9.17, 15) is 18.4 Å². The lowest BCUT2D eigenvalue weighted by atomic mass is 9.87. The molecule has 5 rings (SSSR count). The Morgan fingerprint density at radius 1 is 0.940 bits per heavy atom. The summed E-state index contributed by atoms with van der Waals surface area (Å²) >= 11 is 0. The molecule has 270 valence electrons. The second kappa shape index (κ2) is 17.0. The summed E-state index contributed by atoms with van der Waals surface area (Å²) in [4.78, 5) is 30.1. The lowest BCUT2D eigenvalue weighted by Crippen LogP contribution is -2.52. The summed E-state index contributed by atoms with van der Waals surface area (Å²) in [5.74, 6) is -1.12. The molecule has 3 aromatic rings. The van der Waals surface area contributed by atoms with Gasteiger partial charge in [-0.3, -0.25) is 4.79 Å². The molecule has 0 saturated carbocycles. The number of likely N-dealkylation sites (tertiary alicyclic amines) is 1. The number of fused-ring (bicyclic) bond motifs is 1. The Kier molecular flexibility index (Phi) is 12.5. The standard InChI is InChI=1S/C38H46F2N2O8/c1-38(2,3)50-37(44)41-20-18-28(26-14-16-27(17-15-26)46-22-9-23-47-32-13-7-10-29(39)35(32)40)33(24-41)48-25-34-36(43)42(19-8-21-45-4)30-11-5-6-12-31(30)49-34/h5-7,10-17,28,33-34H,8-9,18-25H2,1-4H3. The van der Waals surface area contributed by atoms with Crippen LogP contribution in [0.4, 0.5) is 19.3 Å². The number of nitrogens with zero attached hydrogens (tertiary/aromatic N) is 2. The van der Waals surface area contributed by atoms with Crippen molar-refractivity contribution in [1.29, 1.82) is 0 Å². The van der Waals surface area contributed by atoms with Crippen molar-refractivity contribution in [2.75, 3.05) is 58.1 Å². The number of hydrogen-bond donors (Lipinski definition) is 0. The van der Waals surface area contributed by atoms with Gasteiger partial charge in [0.25, 0.3) is 5.91 Å². The number of amides is 2. The minimum absolute atomic E-state index is 0.0000580. The highest BCUT2D eigenvalue weighted by Gasteiger charge is 2.39. The number of hydrogen-bond acceptors (Lipinski definition) is 8. The third-order valence-corrected chi connectivity index (χ3v) is 8.41. The maximum atomic E-state index is 13.8. The number of carbonyl (C=O) groups excluding carboxylic acids is 2. The maximum absolute atomic E-state index is 13.8. The second-order valence-electron chi connectivity index (χ2n) is 13.3. The van der Waals surface area contributed by atoms with Crippen molar-refractivity contribution in [2.24, 2.45) is 0 Å². The fourth-order valence-electron chi connectivity index (χ4n) is 5.99. The summed E-state index contributed by atoms with van der Waals surface area (Å²) in [6, 6.07) is 18.9. The smallest absolute Gasteiger partial charge is 0.410 e. The predicted octanol–water partition coefficient (Wildman–Crippen LogP) is 6.75. The molecule has 0 radical (unpaired) electrons. The number of piperidine rings is 1. The van der Waals surface area contributed by atoms with E-state index in [1.54, 1.807) is 16.9 Å². The average molecular weight is 697 g/mol. The number of benzene rings is 3. The van der Waals surface area contributed by atoms with Crippen LogP contribution in [-0.2, 0) is 19.0 Å². The van der Waals surface area contributed by atoms with Crippen LogP contribution >= 0.6 is 0 Å². The molecule has 2 aliphatic rings. The molecule has 2 aliphatic heterocycles. The molecule has 10 nitrogen and oxygen atoms in total. The first kappa shape index (κ1) is 36.9. The molecular formula is C38H46F2N2O8. The van der Waals surface area contributed by atoms with Crippen molar-refractivity contribution in [3.8, 4) is 17.2 Å². The van der Waals surface area contributed by atoms with Gasteiger partial charge in [0.05, 0.1) is 38.2 Å². The van der Waals surface area contributed by atoms with Gasteiger partial charge in [-0.2, -0.15) is 4.39 Å². The van der Waals surface area contributed by atoms with Crippen molar-refractivity contribution < 1.29 is 46.8 Å². The Hall–Kier alpha value is -4.42. The molecule has 0 spiro atoms. The molecule has 2 amide bonds. The third-order valence-electron chi connectivity index (χ3n) is 8.41. The number of methoxy groups -OCH3 is 1. The zero-order valence-electron chi connectivity index (χ0n) is 29.1. The van der Waals surface area contributed by atoms with Crippen molar-refractivity contribution in [1.82, 2.24) is 4.90 Å². The SMILES string of the molecule is COCCCN1C(=O)C(COC2CN(C(=O)OC(C)(C)C)CCC2c2ccc(OCCCOc3cccc(F)c3F)cc2)Oc2ccccc21. The van der Waals surface area contributed by atoms with Crippen molar-refractivity contribution in [2.45, 2.75) is 63.8 Å². The number of para-hydroxylation sites is 2. The number of carbonyl (C=O) groups is 2. The highest BCUT2D eigenvalue weighted by molar-refractivity contribution is 6.00. The number of ether oxygens (including phenoxy) is 6. The molecule has 1 saturated heterocycles. The average Bonchev–Trinajstić information content (AvgIpc) is 3.09. The van der Waals surface area contributed by atoms with Gasteiger partial charge in [-0.25, -0.2) is 9.18 Å². The first-order valence-electron chi connectivity index (χ1n) is 17.0. The van der Waals surface area contributed by atoms with Crippen LogP contribution in [0, 0.1) is 11.6 Å². The predicted molar refractivity (Wildman–Crippen MR) is 183 cm³/mol. The molecule has 3 atom stereocenters. The van der Waals surface area contributed by atoms with Gasteiger partial charge in [-0.05, 0) is 75.6 Å². The van der Waals surface area contributed by atoms with Gasteiger partial charge in [0.1, 0.15) is 17.1 Å². The summed E-state index contributed by atoms with van der Waals surface area (Å²) in [6.45, 7) is 7.72. The van der Waals surface area contributed by atoms with Crippen LogP contribution in [0.5, 0.6) is 17.2 Å². The van der Waals surface area contributed by atoms with Crippen LogP contribution < -0.4 is 19.1 Å². The molecule has 2 heterocycles. The number of anilines is 1. The van der Waals surface area contributed by atoms with E-state index in [0.717, 1.165) is 11.6 Å². The van der Waals surface area contributed by atoms with Crippen LogP contribution in [0.25, 0.3) is 0 Å². The van der Waals surface area contributed by atoms with Crippen LogP contribution in [0.1, 0.15) is 51.5 Å². The molecule has 0 aliphatic carbocycles. The molecule has 3 unspecified atom stereocenters. The lowest BCUT2D eigenvalue weighted by Gasteiger charge is -2.40. The Balaban J connectivity index is 1.23. The summed E-state index contributed by atoms with van der Waals surface area (Å²) < 4.78 is 61.9. The third kappa shape index (κ3) is 9.63. The van der Waals surface area contributed by atoms with E-state index < -0.39 is 35.5 Å². The quantitative estimate of drug-likeness (QED) is 0.171. The molecule has 12 heteroatoms. The minimum Gasteiger partial charge on any atom is -0.493 e. The molecule has 3 aromatic carbocycles. The second-order valence-corrected chi connectivity index (χ2v) is 13.3. The van der Waals surface area contributed by atoms with E-state index in [1.165, 1.54) is 12.1 Å². The van der Waals surface area contributed by atoms with Gasteiger partial charge in [0.15, 0.2) is 11.6 Å². The normalized spacial score (nSPS) is 19.1. The first-order chi connectivity index (χ1) is 24.0. The van der Waals surface area contributed by atoms with Gasteiger partial charge in [-0.15, -0.1) is 0 Å². The topological polar surface area (TPSA) is 96.0 Å². The van der Waals surface area contributed by atoms with Gasteiger partial charge >= 0.3 is 6.09 Å². The molecule has 0 N–H and O–H groups in total. The Morgan fingerprint density at radius 3 is 2.46 bits per heavy atom. The fourth-order valence-corrected chi connectivity index (χ4v) is 5.99. The Morgan fingerprint density at radius 2 is 1.70 bits per heavy atom. The zero-order chi connectivity index (χ0) is 35.7. The Labute approximate surface area is 292 Å². The van der Waals surface area contributed by atoms with Crippen LogP contribution in [0.15, 0.2) is 66.7 Å². The minimum atomic E-state index is -1.01. The van der Waals surface area contributed by atoms with Crippen molar-refractivity contribution in [3.05, 3.63) is 83.9 Å². The van der Waals surface area contributed by atoms with Gasteiger partial charge in [0.2, 0.25) is 11.9 Å². The van der Waals surface area contributed by atoms with E-state index in [1.807, 2.05) is 69.3 Å². The molecule has 0 aromatic heterocycles. The summed E-state index contributed by atoms with van der Waals surface area (Å²) in [5, 5.41) is 0. The number of rotatable bonds is 14. The molecular weight excluding hydrogens is 650 g/mol. The molecule has 50 heavy (non-hydrogen) atoms. The zero-order valence-corrected chi connectivity index (χ0v) is 29.1. The van der Waals surface area contributed by atoms with E-state index >= 15 is 0 Å². The molecule has 1 fully saturated rings.